The second kappa shape index (κ2) is 4.41. The van der Waals surface area contributed by atoms with Crippen LogP contribution in [0, 0.1) is 3.57 Å². The van der Waals surface area contributed by atoms with Gasteiger partial charge in [-0.05, 0) is 48.5 Å². The molecule has 0 amide bonds. The second-order valence-electron chi connectivity index (χ2n) is 4.32. The number of piperidine rings is 1. The van der Waals surface area contributed by atoms with Crippen LogP contribution in [0.2, 0.25) is 0 Å². The molecule has 5 nitrogen and oxygen atoms in total. The lowest BCUT2D eigenvalue weighted by Gasteiger charge is -2.24. The molecule has 0 atom stereocenters. The van der Waals surface area contributed by atoms with Crippen molar-refractivity contribution in [1.29, 1.82) is 0 Å². The monoisotopic (exact) mass is 343 g/mol. The van der Waals surface area contributed by atoms with E-state index in [2.05, 4.69) is 48.6 Å². The van der Waals surface area contributed by atoms with Gasteiger partial charge in [0.1, 0.15) is 17.8 Å². The highest BCUT2D eigenvalue weighted by molar-refractivity contribution is 14.1. The molecule has 0 unspecified atom stereocenters. The fourth-order valence-electron chi connectivity index (χ4n) is 2.43. The van der Waals surface area contributed by atoms with E-state index in [9.17, 15) is 0 Å². The fraction of sp³-hybridized carbons (Fsp3) is 0.455. The summed E-state index contributed by atoms with van der Waals surface area (Å²) in [7, 11) is 0. The molecule has 1 aliphatic heterocycles. The number of nitrogens with zero attached hydrogens (tertiary/aromatic N) is 3. The number of hydrogen-bond donors (Lipinski definition) is 2. The van der Waals surface area contributed by atoms with Crippen molar-refractivity contribution < 1.29 is 0 Å². The molecule has 90 valence electrons. The lowest BCUT2D eigenvalue weighted by atomic mass is 10.1. The molecule has 0 radical (unpaired) electrons. The third-order valence-electron chi connectivity index (χ3n) is 3.29. The van der Waals surface area contributed by atoms with Gasteiger partial charge in [-0.15, -0.1) is 0 Å². The predicted molar refractivity (Wildman–Crippen MR) is 75.8 cm³/mol. The lowest BCUT2D eigenvalue weighted by Crippen LogP contribution is -2.29. The first-order chi connectivity index (χ1) is 8.27. The molecule has 6 heteroatoms. The Morgan fingerprint density at radius 1 is 1.35 bits per heavy atom. The Morgan fingerprint density at radius 3 is 2.88 bits per heavy atom. The summed E-state index contributed by atoms with van der Waals surface area (Å²) in [5.41, 5.74) is 6.88. The zero-order valence-corrected chi connectivity index (χ0v) is 11.5. The Kier molecular flexibility index (Phi) is 2.91. The largest absolute Gasteiger partial charge is 0.383 e. The Labute approximate surface area is 113 Å². The molecule has 0 aromatic carbocycles. The zero-order valence-electron chi connectivity index (χ0n) is 9.36. The third kappa shape index (κ3) is 1.89. The minimum atomic E-state index is 0.525. The number of fused-ring (bicyclic) bond motifs is 1. The molecule has 0 spiro atoms. The molecular formula is C11H14IN5. The maximum absolute atomic E-state index is 5.92. The maximum Gasteiger partial charge on any atom is 0.146 e. The minimum absolute atomic E-state index is 0.525. The fourth-order valence-corrected chi connectivity index (χ4v) is 3.24. The van der Waals surface area contributed by atoms with Crippen molar-refractivity contribution in [3.05, 3.63) is 16.1 Å². The standard InChI is InChI=1S/C11H14IN5/c12-8-5-17(7-1-3-14-4-2-7)11-9(8)10(13)15-6-16-11/h5-7,14H,1-4H2,(H2,13,15,16). The quantitative estimate of drug-likeness (QED) is 0.771. The number of halogens is 1. The molecule has 0 aliphatic carbocycles. The normalized spacial score (nSPS) is 17.7. The zero-order chi connectivity index (χ0) is 11.8. The topological polar surface area (TPSA) is 68.8 Å². The van der Waals surface area contributed by atoms with Crippen LogP contribution in [0.5, 0.6) is 0 Å². The molecule has 1 aliphatic rings. The molecule has 0 saturated carbocycles. The number of aromatic nitrogens is 3. The number of hydrogen-bond acceptors (Lipinski definition) is 4. The molecule has 17 heavy (non-hydrogen) atoms. The summed E-state index contributed by atoms with van der Waals surface area (Å²) in [6.07, 6.45) is 5.98. The van der Waals surface area contributed by atoms with Crippen molar-refractivity contribution in [3.8, 4) is 0 Å². The van der Waals surface area contributed by atoms with Gasteiger partial charge in [0.15, 0.2) is 0 Å². The lowest BCUT2D eigenvalue weighted by molar-refractivity contribution is 0.374. The molecule has 3 N–H and O–H groups in total. The van der Waals surface area contributed by atoms with Crippen LogP contribution in [0.15, 0.2) is 12.5 Å². The number of anilines is 1. The van der Waals surface area contributed by atoms with Crippen molar-refractivity contribution >= 4 is 39.4 Å². The summed E-state index contributed by atoms with van der Waals surface area (Å²) in [5.74, 6) is 0.576. The number of nitrogen functional groups attached to an aromatic ring is 1. The van der Waals surface area contributed by atoms with E-state index in [4.69, 9.17) is 5.73 Å². The maximum atomic E-state index is 5.92. The van der Waals surface area contributed by atoms with Crippen molar-refractivity contribution in [1.82, 2.24) is 19.9 Å². The molecular weight excluding hydrogens is 329 g/mol. The third-order valence-corrected chi connectivity index (χ3v) is 4.11. The molecule has 2 aromatic heterocycles. The molecule has 1 saturated heterocycles. The Balaban J connectivity index is 2.13. The average molecular weight is 343 g/mol. The average Bonchev–Trinajstić information content (AvgIpc) is 2.69. The summed E-state index contributed by atoms with van der Waals surface area (Å²) in [6.45, 7) is 2.14. The van der Waals surface area contributed by atoms with Crippen LogP contribution in [-0.4, -0.2) is 27.6 Å². The summed E-state index contributed by atoms with van der Waals surface area (Å²) in [6, 6.07) is 0.525. The van der Waals surface area contributed by atoms with E-state index in [1.165, 1.54) is 0 Å². The van der Waals surface area contributed by atoms with E-state index < -0.39 is 0 Å². The molecule has 1 fully saturated rings. The predicted octanol–water partition coefficient (Wildman–Crippen LogP) is 1.54. The van der Waals surface area contributed by atoms with Gasteiger partial charge in [-0.1, -0.05) is 0 Å². The summed E-state index contributed by atoms with van der Waals surface area (Å²) in [5, 5.41) is 4.37. The number of rotatable bonds is 1. The van der Waals surface area contributed by atoms with Gasteiger partial charge in [-0.3, -0.25) is 0 Å². The summed E-state index contributed by atoms with van der Waals surface area (Å²) >= 11 is 2.30. The first kappa shape index (κ1) is 11.2. The van der Waals surface area contributed by atoms with Crippen LogP contribution >= 0.6 is 22.6 Å². The van der Waals surface area contributed by atoms with Crippen LogP contribution in [-0.2, 0) is 0 Å². The van der Waals surface area contributed by atoms with E-state index in [-0.39, 0.29) is 0 Å². The van der Waals surface area contributed by atoms with E-state index in [1.54, 1.807) is 6.33 Å². The Morgan fingerprint density at radius 2 is 2.12 bits per heavy atom. The van der Waals surface area contributed by atoms with E-state index >= 15 is 0 Å². The Bertz CT molecular complexity index is 544. The van der Waals surface area contributed by atoms with Gasteiger partial charge in [0.25, 0.3) is 0 Å². The van der Waals surface area contributed by atoms with Gasteiger partial charge in [-0.2, -0.15) is 0 Å². The highest BCUT2D eigenvalue weighted by atomic mass is 127. The van der Waals surface area contributed by atoms with Crippen LogP contribution in [0.1, 0.15) is 18.9 Å². The van der Waals surface area contributed by atoms with Crippen LogP contribution in [0.3, 0.4) is 0 Å². The molecule has 3 heterocycles. The second-order valence-corrected chi connectivity index (χ2v) is 5.49. The van der Waals surface area contributed by atoms with Crippen molar-refractivity contribution in [2.24, 2.45) is 0 Å². The van der Waals surface area contributed by atoms with Gasteiger partial charge < -0.3 is 15.6 Å². The summed E-state index contributed by atoms with van der Waals surface area (Å²) < 4.78 is 3.39. The first-order valence-electron chi connectivity index (χ1n) is 5.74. The van der Waals surface area contributed by atoms with E-state index in [1.807, 2.05) is 0 Å². The van der Waals surface area contributed by atoms with Gasteiger partial charge in [0.05, 0.1) is 5.39 Å². The highest BCUT2D eigenvalue weighted by Gasteiger charge is 2.19. The van der Waals surface area contributed by atoms with Gasteiger partial charge in [0, 0.05) is 15.8 Å². The number of nitrogens with one attached hydrogen (secondary N) is 1. The molecule has 0 bridgehead atoms. The van der Waals surface area contributed by atoms with Crippen LogP contribution in [0.25, 0.3) is 11.0 Å². The van der Waals surface area contributed by atoms with Crippen molar-refractivity contribution in [2.75, 3.05) is 18.8 Å². The van der Waals surface area contributed by atoms with E-state index in [0.29, 0.717) is 11.9 Å². The van der Waals surface area contributed by atoms with Crippen LogP contribution < -0.4 is 11.1 Å². The van der Waals surface area contributed by atoms with E-state index in [0.717, 1.165) is 40.5 Å². The first-order valence-corrected chi connectivity index (χ1v) is 6.82. The highest BCUT2D eigenvalue weighted by Crippen LogP contribution is 2.30. The summed E-state index contributed by atoms with van der Waals surface area (Å²) in [4.78, 5) is 8.45. The minimum Gasteiger partial charge on any atom is -0.383 e. The smallest absolute Gasteiger partial charge is 0.146 e. The van der Waals surface area contributed by atoms with Gasteiger partial charge in [0.2, 0.25) is 0 Å². The SMILES string of the molecule is Nc1ncnc2c1c(I)cn2C1CCNCC1. The molecule has 2 aromatic rings. The number of nitrogens with two attached hydrogens (primary N) is 1. The van der Waals surface area contributed by atoms with Gasteiger partial charge in [-0.25, -0.2) is 9.97 Å². The molecule has 3 rings (SSSR count). The van der Waals surface area contributed by atoms with Crippen molar-refractivity contribution in [3.63, 3.8) is 0 Å². The van der Waals surface area contributed by atoms with Gasteiger partial charge >= 0.3 is 0 Å². The van der Waals surface area contributed by atoms with Crippen LogP contribution in [0.4, 0.5) is 5.82 Å². The Hall–Kier alpha value is -0.890. The van der Waals surface area contributed by atoms with Crippen molar-refractivity contribution in [2.45, 2.75) is 18.9 Å².